The number of nitrogens with two attached hydrogens (primary N) is 1. The molecule has 0 spiro atoms. The first-order chi connectivity index (χ1) is 16.6. The van der Waals surface area contributed by atoms with Crippen molar-refractivity contribution >= 4 is 30.9 Å². The summed E-state index contributed by atoms with van der Waals surface area (Å²) >= 11 is 0. The highest BCUT2D eigenvalue weighted by Crippen LogP contribution is 2.39. The first-order valence-corrected chi connectivity index (χ1v) is 21.4. The zero-order chi connectivity index (χ0) is 26.9. The van der Waals surface area contributed by atoms with E-state index in [0.717, 1.165) is 54.4 Å². The molecule has 1 saturated heterocycles. The molecule has 8 nitrogen and oxygen atoms in total. The molecule has 1 aliphatic rings. The third kappa shape index (κ3) is 7.47. The molecule has 1 aliphatic heterocycles. The summed E-state index contributed by atoms with van der Waals surface area (Å²) in [5, 5.41) is 10.2. The van der Waals surface area contributed by atoms with Crippen LogP contribution in [0.25, 0.3) is 0 Å². The van der Waals surface area contributed by atoms with Crippen molar-refractivity contribution < 1.29 is 32.8 Å². The average molecular weight is 552 g/mol. The largest absolute Gasteiger partial charge is 0.479 e. The SMILES string of the molecule is CC[Si](CC)(CC)O[C@H]1[C@H](O[Si](CC)(CC)CC)C(C(=O)O)OC(ON)[C@@H]1O[Si](CC)(CC)CC. The van der Waals surface area contributed by atoms with Gasteiger partial charge in [0.1, 0.15) is 18.3 Å². The van der Waals surface area contributed by atoms with E-state index in [2.05, 4.69) is 62.3 Å². The number of rotatable bonds is 17. The summed E-state index contributed by atoms with van der Waals surface area (Å²) in [6.07, 6.45) is -4.29. The molecular weight excluding hydrogens is 499 g/mol. The highest BCUT2D eigenvalue weighted by atomic mass is 28.4. The lowest BCUT2D eigenvalue weighted by atomic mass is 9.99. The average Bonchev–Trinajstić information content (AvgIpc) is 2.90. The molecular formula is C24H53NO7Si3. The molecule has 1 rings (SSSR count). The molecule has 0 aromatic heterocycles. The van der Waals surface area contributed by atoms with Crippen molar-refractivity contribution in [2.24, 2.45) is 5.90 Å². The summed E-state index contributed by atoms with van der Waals surface area (Å²) in [5.41, 5.74) is 0. The minimum Gasteiger partial charge on any atom is -0.479 e. The normalized spacial score (nSPS) is 26.2. The van der Waals surface area contributed by atoms with Crippen LogP contribution < -0.4 is 5.90 Å². The van der Waals surface area contributed by atoms with Crippen LogP contribution in [0.1, 0.15) is 62.3 Å². The molecule has 208 valence electrons. The van der Waals surface area contributed by atoms with Crippen molar-refractivity contribution in [2.45, 2.75) is 147 Å². The first-order valence-electron chi connectivity index (χ1n) is 13.9. The monoisotopic (exact) mass is 551 g/mol. The minimum absolute atomic E-state index is 0.613. The van der Waals surface area contributed by atoms with Gasteiger partial charge in [-0.2, -0.15) is 0 Å². The zero-order valence-electron chi connectivity index (χ0n) is 23.7. The van der Waals surface area contributed by atoms with Crippen LogP contribution in [0.2, 0.25) is 54.4 Å². The van der Waals surface area contributed by atoms with Crippen molar-refractivity contribution in [1.82, 2.24) is 0 Å². The van der Waals surface area contributed by atoms with Crippen LogP contribution in [0.5, 0.6) is 0 Å². The zero-order valence-corrected chi connectivity index (χ0v) is 26.7. The Morgan fingerprint density at radius 3 is 1.26 bits per heavy atom. The molecule has 0 saturated carbocycles. The molecule has 0 radical (unpaired) electrons. The van der Waals surface area contributed by atoms with Crippen molar-refractivity contribution in [1.29, 1.82) is 0 Å². The van der Waals surface area contributed by atoms with E-state index in [1.807, 2.05) is 0 Å². The third-order valence-corrected chi connectivity index (χ3v) is 22.7. The van der Waals surface area contributed by atoms with E-state index < -0.39 is 61.6 Å². The van der Waals surface area contributed by atoms with Gasteiger partial charge in [-0.1, -0.05) is 62.3 Å². The number of carbonyl (C=O) groups is 1. The number of hydrogen-bond acceptors (Lipinski definition) is 7. The lowest BCUT2D eigenvalue weighted by Gasteiger charge is -2.51. The van der Waals surface area contributed by atoms with Gasteiger partial charge in [0.15, 0.2) is 31.1 Å². The predicted molar refractivity (Wildman–Crippen MR) is 148 cm³/mol. The molecule has 3 N–H and O–H groups in total. The van der Waals surface area contributed by atoms with E-state index in [1.54, 1.807) is 0 Å². The van der Waals surface area contributed by atoms with Crippen molar-refractivity contribution in [2.75, 3.05) is 0 Å². The summed E-state index contributed by atoms with van der Waals surface area (Å²) in [5.74, 6) is 4.63. The van der Waals surface area contributed by atoms with Crippen molar-refractivity contribution in [3.63, 3.8) is 0 Å². The molecule has 2 unspecified atom stereocenters. The van der Waals surface area contributed by atoms with Gasteiger partial charge >= 0.3 is 5.97 Å². The van der Waals surface area contributed by atoms with Gasteiger partial charge < -0.3 is 23.1 Å². The smallest absolute Gasteiger partial charge is 0.335 e. The highest BCUT2D eigenvalue weighted by Gasteiger charge is 2.56. The van der Waals surface area contributed by atoms with Gasteiger partial charge in [0.2, 0.25) is 6.29 Å². The summed E-state index contributed by atoms with van der Waals surface area (Å²) in [6.45, 7) is 19.4. The van der Waals surface area contributed by atoms with E-state index in [9.17, 15) is 9.90 Å². The summed E-state index contributed by atoms with van der Waals surface area (Å²) in [4.78, 5) is 17.8. The Morgan fingerprint density at radius 1 is 0.657 bits per heavy atom. The Bertz CT molecular complexity index is 605. The number of hydrogen-bond donors (Lipinski definition) is 2. The molecule has 0 aromatic carbocycles. The van der Waals surface area contributed by atoms with E-state index in [0.29, 0.717) is 0 Å². The van der Waals surface area contributed by atoms with Gasteiger partial charge in [0, 0.05) is 0 Å². The van der Waals surface area contributed by atoms with Gasteiger partial charge in [0.05, 0.1) is 0 Å². The number of carboxylic acid groups (broad SMARTS) is 1. The molecule has 0 aliphatic carbocycles. The van der Waals surface area contributed by atoms with Gasteiger partial charge in [-0.15, -0.1) is 0 Å². The second kappa shape index (κ2) is 14.7. The van der Waals surface area contributed by atoms with Crippen LogP contribution in [0.3, 0.4) is 0 Å². The van der Waals surface area contributed by atoms with Crippen LogP contribution in [0.15, 0.2) is 0 Å². The van der Waals surface area contributed by atoms with E-state index in [4.69, 9.17) is 28.7 Å². The molecule has 0 bridgehead atoms. The van der Waals surface area contributed by atoms with Gasteiger partial charge in [-0.25, -0.2) is 10.7 Å². The van der Waals surface area contributed by atoms with Crippen LogP contribution in [0, 0.1) is 0 Å². The Hall–Kier alpha value is -0.119. The fourth-order valence-corrected chi connectivity index (χ4v) is 13.9. The van der Waals surface area contributed by atoms with Crippen LogP contribution in [-0.4, -0.2) is 66.7 Å². The molecule has 1 heterocycles. The van der Waals surface area contributed by atoms with Gasteiger partial charge in [-0.05, 0) is 54.4 Å². The Labute approximate surface area is 216 Å². The van der Waals surface area contributed by atoms with E-state index in [1.165, 1.54) is 0 Å². The molecule has 11 heteroatoms. The summed E-state index contributed by atoms with van der Waals surface area (Å²) < 4.78 is 26.9. The molecule has 5 atom stereocenters. The van der Waals surface area contributed by atoms with Crippen LogP contribution in [-0.2, 0) is 27.6 Å². The second-order valence-electron chi connectivity index (χ2n) is 9.88. The first kappa shape index (κ1) is 32.9. The molecule has 0 aromatic rings. The van der Waals surface area contributed by atoms with Gasteiger partial charge in [-0.3, -0.25) is 4.84 Å². The number of carboxylic acids is 1. The summed E-state index contributed by atoms with van der Waals surface area (Å²) in [7, 11) is -6.54. The quantitative estimate of drug-likeness (QED) is 0.171. The predicted octanol–water partition coefficient (Wildman–Crippen LogP) is 5.86. The minimum atomic E-state index is -2.21. The molecule has 0 amide bonds. The maximum absolute atomic E-state index is 12.5. The fraction of sp³-hybridized carbons (Fsp3) is 0.958. The van der Waals surface area contributed by atoms with Crippen molar-refractivity contribution in [3.8, 4) is 0 Å². The summed E-state index contributed by atoms with van der Waals surface area (Å²) in [6, 6.07) is 8.28. The molecule has 1 fully saturated rings. The maximum Gasteiger partial charge on any atom is 0.335 e. The Balaban J connectivity index is 3.74. The third-order valence-electron chi connectivity index (χ3n) is 8.83. The highest BCUT2D eigenvalue weighted by molar-refractivity contribution is 6.74. The number of aliphatic carboxylic acids is 1. The lowest BCUT2D eigenvalue weighted by Crippen LogP contribution is -2.68. The topological polar surface area (TPSA) is 109 Å². The fourth-order valence-electron chi connectivity index (χ4n) is 5.37. The van der Waals surface area contributed by atoms with Crippen LogP contribution in [0.4, 0.5) is 0 Å². The van der Waals surface area contributed by atoms with E-state index in [-0.39, 0.29) is 0 Å². The van der Waals surface area contributed by atoms with Crippen LogP contribution >= 0.6 is 0 Å². The van der Waals surface area contributed by atoms with E-state index >= 15 is 0 Å². The second-order valence-corrected chi connectivity index (χ2v) is 24.0. The Morgan fingerprint density at radius 2 is 0.971 bits per heavy atom. The number of ether oxygens (including phenoxy) is 1. The van der Waals surface area contributed by atoms with Gasteiger partial charge in [0.25, 0.3) is 0 Å². The Kier molecular flexibility index (Phi) is 13.8. The lowest BCUT2D eigenvalue weighted by molar-refractivity contribution is -0.287. The van der Waals surface area contributed by atoms with Crippen molar-refractivity contribution in [3.05, 3.63) is 0 Å². The maximum atomic E-state index is 12.5. The molecule has 35 heavy (non-hydrogen) atoms. The standard InChI is InChI=1S/C24H53NO7Si3/c1-10-33(11-2,12-3)30-19-20(31-34(13-4,14-5)15-6)22(32-35(16-7,17-8)18-9)24(29-25)28-21(19)23(26)27/h19-22,24H,10-18,25H2,1-9H3,(H,26,27)/t19-,20-,21?,22+,24?/m0/s1.